The Hall–Kier alpha value is -0.506. The van der Waals surface area contributed by atoms with Gasteiger partial charge in [-0.1, -0.05) is 34.6 Å². The van der Waals surface area contributed by atoms with E-state index in [9.17, 15) is 0 Å². The molecular formula is C18H30O4Si2. The lowest BCUT2D eigenvalue weighted by atomic mass is 10.4. The minimum Gasteiger partial charge on any atom is -0.353 e. The van der Waals surface area contributed by atoms with Crippen molar-refractivity contribution in [2.75, 3.05) is 26.4 Å². The lowest BCUT2D eigenvalue weighted by molar-refractivity contribution is -0.123. The van der Waals surface area contributed by atoms with Crippen LogP contribution in [0, 0.1) is 0 Å². The molecule has 0 atom stereocenters. The van der Waals surface area contributed by atoms with Gasteiger partial charge in [-0.25, -0.2) is 0 Å². The maximum atomic E-state index is 5.60. The number of hydrogen-bond donors (Lipinski definition) is 0. The molecule has 4 radical (unpaired) electrons. The standard InChI is InChI=1S/C18H30O4Si2/c1-5-19-17(20-6-2)13-23-15-9-11-16(12-10-15)24-14-18(21-7-3)22-8-4/h9-12,17-18H,5-8,13-14H2,1-4H3. The van der Waals surface area contributed by atoms with Crippen molar-refractivity contribution in [3.8, 4) is 0 Å². The van der Waals surface area contributed by atoms with Crippen molar-refractivity contribution < 1.29 is 18.9 Å². The van der Waals surface area contributed by atoms with Crippen LogP contribution in [0.1, 0.15) is 27.7 Å². The summed E-state index contributed by atoms with van der Waals surface area (Å²) in [5.74, 6) is 0. The lowest BCUT2D eigenvalue weighted by Gasteiger charge is -2.17. The van der Waals surface area contributed by atoms with Crippen LogP contribution in [0.15, 0.2) is 24.3 Å². The predicted molar refractivity (Wildman–Crippen MR) is 101 cm³/mol. The molecule has 0 aliphatic rings. The summed E-state index contributed by atoms with van der Waals surface area (Å²) in [6.45, 7) is 10.8. The second-order valence-corrected chi connectivity index (χ2v) is 7.70. The van der Waals surface area contributed by atoms with Crippen molar-refractivity contribution in [1.29, 1.82) is 0 Å². The van der Waals surface area contributed by atoms with Crippen LogP contribution >= 0.6 is 0 Å². The van der Waals surface area contributed by atoms with Gasteiger partial charge < -0.3 is 18.9 Å². The van der Waals surface area contributed by atoms with E-state index in [0.717, 1.165) is 12.1 Å². The van der Waals surface area contributed by atoms with E-state index in [-0.39, 0.29) is 12.6 Å². The quantitative estimate of drug-likeness (QED) is 0.373. The highest BCUT2D eigenvalue weighted by Crippen LogP contribution is 2.02. The molecular weight excluding hydrogens is 336 g/mol. The largest absolute Gasteiger partial charge is 0.353 e. The Morgan fingerprint density at radius 3 is 1.17 bits per heavy atom. The van der Waals surface area contributed by atoms with Gasteiger partial charge in [-0.15, -0.1) is 0 Å². The van der Waals surface area contributed by atoms with Gasteiger partial charge in [0.05, 0.1) is 19.0 Å². The van der Waals surface area contributed by atoms with Crippen molar-refractivity contribution in [3.63, 3.8) is 0 Å². The summed E-state index contributed by atoms with van der Waals surface area (Å²) >= 11 is 0. The third-order valence-electron chi connectivity index (χ3n) is 3.24. The zero-order valence-corrected chi connectivity index (χ0v) is 17.3. The Morgan fingerprint density at radius 1 is 0.625 bits per heavy atom. The maximum Gasteiger partial charge on any atom is 0.155 e. The number of hydrogen-bond acceptors (Lipinski definition) is 4. The minimum atomic E-state index is -0.0852. The molecule has 4 nitrogen and oxygen atoms in total. The van der Waals surface area contributed by atoms with Gasteiger partial charge in [0.1, 0.15) is 0 Å². The summed E-state index contributed by atoms with van der Waals surface area (Å²) < 4.78 is 22.4. The summed E-state index contributed by atoms with van der Waals surface area (Å²) in [5.41, 5.74) is 0. The van der Waals surface area contributed by atoms with Crippen LogP contribution in [0.4, 0.5) is 0 Å². The molecule has 0 spiro atoms. The van der Waals surface area contributed by atoms with E-state index in [1.54, 1.807) is 0 Å². The fourth-order valence-corrected chi connectivity index (χ4v) is 4.26. The van der Waals surface area contributed by atoms with Crippen LogP contribution < -0.4 is 10.4 Å². The molecule has 0 bridgehead atoms. The molecule has 0 N–H and O–H groups in total. The number of rotatable bonds is 14. The molecule has 0 aliphatic heterocycles. The van der Waals surface area contributed by atoms with Crippen LogP contribution in [-0.2, 0) is 18.9 Å². The topological polar surface area (TPSA) is 36.9 Å². The van der Waals surface area contributed by atoms with Crippen molar-refractivity contribution >= 4 is 29.4 Å². The maximum absolute atomic E-state index is 5.60. The summed E-state index contributed by atoms with van der Waals surface area (Å²) in [7, 11) is 1.40. The smallest absolute Gasteiger partial charge is 0.155 e. The zero-order chi connectivity index (χ0) is 17.6. The van der Waals surface area contributed by atoms with E-state index in [1.165, 1.54) is 10.4 Å². The Kier molecular flexibility index (Phi) is 12.3. The third kappa shape index (κ3) is 9.10. The second kappa shape index (κ2) is 13.7. The molecule has 0 heterocycles. The molecule has 0 unspecified atom stereocenters. The van der Waals surface area contributed by atoms with Crippen LogP contribution in [0.3, 0.4) is 0 Å². The molecule has 1 aromatic rings. The molecule has 0 amide bonds. The van der Waals surface area contributed by atoms with Crippen molar-refractivity contribution in [3.05, 3.63) is 24.3 Å². The summed E-state index contributed by atoms with van der Waals surface area (Å²) in [4.78, 5) is 0. The molecule has 24 heavy (non-hydrogen) atoms. The Balaban J connectivity index is 2.41. The van der Waals surface area contributed by atoms with E-state index in [0.29, 0.717) is 45.5 Å². The van der Waals surface area contributed by atoms with Crippen LogP contribution in [0.25, 0.3) is 0 Å². The predicted octanol–water partition coefficient (Wildman–Crippen LogP) is 1.98. The minimum absolute atomic E-state index is 0.0852. The van der Waals surface area contributed by atoms with Crippen LogP contribution in [0.5, 0.6) is 0 Å². The Morgan fingerprint density at radius 2 is 0.917 bits per heavy atom. The van der Waals surface area contributed by atoms with Crippen molar-refractivity contribution in [2.45, 2.75) is 52.4 Å². The molecule has 134 valence electrons. The molecule has 0 fully saturated rings. The fourth-order valence-electron chi connectivity index (χ4n) is 2.18. The molecule has 0 saturated carbocycles. The van der Waals surface area contributed by atoms with Gasteiger partial charge in [0.2, 0.25) is 0 Å². The average Bonchev–Trinajstić information content (AvgIpc) is 2.59. The van der Waals surface area contributed by atoms with Gasteiger partial charge in [-0.3, -0.25) is 0 Å². The molecule has 0 aliphatic carbocycles. The van der Waals surface area contributed by atoms with Crippen molar-refractivity contribution in [1.82, 2.24) is 0 Å². The number of ether oxygens (including phenoxy) is 4. The zero-order valence-electron chi connectivity index (χ0n) is 15.3. The Labute approximate surface area is 151 Å². The molecule has 0 aromatic heterocycles. The first kappa shape index (κ1) is 21.5. The summed E-state index contributed by atoms with van der Waals surface area (Å²) in [5, 5.41) is 2.69. The monoisotopic (exact) mass is 366 g/mol. The highest BCUT2D eigenvalue weighted by atomic mass is 28.2. The van der Waals surface area contributed by atoms with E-state index in [2.05, 4.69) is 24.3 Å². The SMILES string of the molecule is CCOC(C[Si]c1ccc([Si]CC(OCC)OCC)cc1)OCC. The lowest BCUT2D eigenvalue weighted by Crippen LogP contribution is -2.27. The van der Waals surface area contributed by atoms with Gasteiger partial charge in [0.15, 0.2) is 12.6 Å². The van der Waals surface area contributed by atoms with E-state index in [1.807, 2.05) is 27.7 Å². The molecule has 1 rings (SSSR count). The first-order chi connectivity index (χ1) is 11.7. The average molecular weight is 367 g/mol. The molecule has 0 saturated heterocycles. The van der Waals surface area contributed by atoms with Crippen LogP contribution in [0.2, 0.25) is 12.1 Å². The van der Waals surface area contributed by atoms with Gasteiger partial charge in [-0.05, 0) is 39.8 Å². The van der Waals surface area contributed by atoms with Crippen molar-refractivity contribution in [2.24, 2.45) is 0 Å². The highest BCUT2D eigenvalue weighted by molar-refractivity contribution is 6.55. The normalized spacial score (nSPS) is 11.6. The van der Waals surface area contributed by atoms with Gasteiger partial charge in [0, 0.05) is 26.4 Å². The summed E-state index contributed by atoms with van der Waals surface area (Å²) in [6, 6.07) is 10.7. The van der Waals surface area contributed by atoms with Gasteiger partial charge in [0.25, 0.3) is 0 Å². The molecule has 1 aromatic carbocycles. The van der Waals surface area contributed by atoms with E-state index < -0.39 is 0 Å². The molecule has 6 heteroatoms. The third-order valence-corrected chi connectivity index (χ3v) is 5.80. The first-order valence-corrected chi connectivity index (χ1v) is 11.2. The fraction of sp³-hybridized carbons (Fsp3) is 0.667. The Bertz CT molecular complexity index is 363. The number of benzene rings is 1. The van der Waals surface area contributed by atoms with Gasteiger partial charge >= 0.3 is 0 Å². The highest BCUT2D eigenvalue weighted by Gasteiger charge is 2.10. The first-order valence-electron chi connectivity index (χ1n) is 8.77. The van der Waals surface area contributed by atoms with Crippen LogP contribution in [-0.4, -0.2) is 58.0 Å². The van der Waals surface area contributed by atoms with E-state index >= 15 is 0 Å². The van der Waals surface area contributed by atoms with E-state index in [4.69, 9.17) is 18.9 Å². The second-order valence-electron chi connectivity index (χ2n) is 5.02. The summed E-state index contributed by atoms with van der Waals surface area (Å²) in [6.07, 6.45) is -0.170. The van der Waals surface area contributed by atoms with Gasteiger partial charge in [-0.2, -0.15) is 0 Å².